The van der Waals surface area contributed by atoms with Gasteiger partial charge in [-0.25, -0.2) is 14.8 Å². The van der Waals surface area contributed by atoms with Gasteiger partial charge in [0.05, 0.1) is 0 Å². The molecule has 0 unspecified atom stereocenters. The van der Waals surface area contributed by atoms with Crippen molar-refractivity contribution >= 4 is 11.8 Å². The van der Waals surface area contributed by atoms with Gasteiger partial charge in [-0.15, -0.1) is 0 Å². The van der Waals surface area contributed by atoms with Gasteiger partial charge in [0.15, 0.2) is 5.82 Å². The zero-order valence-electron chi connectivity index (χ0n) is 12.7. The summed E-state index contributed by atoms with van der Waals surface area (Å²) in [5, 5.41) is 9.30. The number of carbonyl (C=O) groups is 1. The van der Waals surface area contributed by atoms with Crippen molar-refractivity contribution in [2.24, 2.45) is 0 Å². The first-order valence-corrected chi connectivity index (χ1v) is 6.80. The monoisotopic (exact) mass is 285 g/mol. The summed E-state index contributed by atoms with van der Waals surface area (Å²) in [5.41, 5.74) is 2.10. The van der Waals surface area contributed by atoms with E-state index in [-0.39, 0.29) is 11.6 Å². The van der Waals surface area contributed by atoms with E-state index in [1.807, 2.05) is 57.0 Å². The Bertz CT molecular complexity index is 668. The number of hydrogen-bond acceptors (Lipinski definition) is 4. The maximum absolute atomic E-state index is 11.3. The van der Waals surface area contributed by atoms with Gasteiger partial charge < -0.3 is 10.0 Å². The van der Waals surface area contributed by atoms with E-state index in [2.05, 4.69) is 9.97 Å². The summed E-state index contributed by atoms with van der Waals surface area (Å²) in [6.07, 6.45) is 1.38. The van der Waals surface area contributed by atoms with E-state index < -0.39 is 5.97 Å². The minimum atomic E-state index is -1.02. The zero-order chi connectivity index (χ0) is 15.6. The molecule has 21 heavy (non-hydrogen) atoms. The predicted molar refractivity (Wildman–Crippen MR) is 82.7 cm³/mol. The fourth-order valence-corrected chi connectivity index (χ4v) is 1.96. The molecular formula is C16H19N3O2. The third-order valence-electron chi connectivity index (χ3n) is 3.38. The van der Waals surface area contributed by atoms with Crippen molar-refractivity contribution in [1.82, 2.24) is 9.97 Å². The highest BCUT2D eigenvalue weighted by atomic mass is 16.4. The highest BCUT2D eigenvalue weighted by Crippen LogP contribution is 2.23. The summed E-state index contributed by atoms with van der Waals surface area (Å²) in [5.74, 6) is -0.0523. The van der Waals surface area contributed by atoms with Gasteiger partial charge in [0, 0.05) is 24.8 Å². The number of rotatable bonds is 4. The van der Waals surface area contributed by atoms with Crippen molar-refractivity contribution in [1.29, 1.82) is 0 Å². The highest BCUT2D eigenvalue weighted by Gasteiger charge is 2.19. The molecule has 110 valence electrons. The van der Waals surface area contributed by atoms with E-state index in [1.165, 1.54) is 6.20 Å². The van der Waals surface area contributed by atoms with Crippen molar-refractivity contribution in [3.05, 3.63) is 41.6 Å². The second-order valence-corrected chi connectivity index (χ2v) is 5.31. The van der Waals surface area contributed by atoms with E-state index in [0.29, 0.717) is 11.6 Å². The minimum Gasteiger partial charge on any atom is -0.477 e. The third kappa shape index (κ3) is 3.18. The number of aromatic carboxylic acids is 1. The number of carboxylic acid groups (broad SMARTS) is 1. The van der Waals surface area contributed by atoms with Crippen LogP contribution in [0.2, 0.25) is 0 Å². The second-order valence-electron chi connectivity index (χ2n) is 5.31. The molecular weight excluding hydrogens is 266 g/mol. The third-order valence-corrected chi connectivity index (χ3v) is 3.38. The largest absolute Gasteiger partial charge is 0.477 e. The van der Waals surface area contributed by atoms with Crippen LogP contribution in [-0.2, 0) is 0 Å². The van der Waals surface area contributed by atoms with E-state index in [4.69, 9.17) is 0 Å². The minimum absolute atomic E-state index is 0.114. The maximum Gasteiger partial charge on any atom is 0.341 e. The number of benzene rings is 1. The SMILES string of the molecule is Cc1cccc(-c2ncc(C(=O)O)c(N(C)C(C)C)n2)c1. The molecule has 0 bridgehead atoms. The zero-order valence-corrected chi connectivity index (χ0v) is 12.7. The Kier molecular flexibility index (Phi) is 4.21. The molecule has 0 atom stereocenters. The first-order chi connectivity index (χ1) is 9.90. The lowest BCUT2D eigenvalue weighted by Gasteiger charge is -2.24. The van der Waals surface area contributed by atoms with Gasteiger partial charge in [0.2, 0.25) is 0 Å². The molecule has 1 heterocycles. The molecule has 2 rings (SSSR count). The first kappa shape index (κ1) is 15.0. The average molecular weight is 285 g/mol. The molecule has 2 aromatic rings. The van der Waals surface area contributed by atoms with Crippen LogP contribution < -0.4 is 4.90 Å². The van der Waals surface area contributed by atoms with Gasteiger partial charge in [-0.3, -0.25) is 0 Å². The molecule has 0 spiro atoms. The van der Waals surface area contributed by atoms with Crippen LogP contribution in [-0.4, -0.2) is 34.1 Å². The van der Waals surface area contributed by atoms with E-state index in [0.717, 1.165) is 11.1 Å². The lowest BCUT2D eigenvalue weighted by atomic mass is 10.1. The highest BCUT2D eigenvalue weighted by molar-refractivity contribution is 5.93. The van der Waals surface area contributed by atoms with Gasteiger partial charge in [0.1, 0.15) is 11.4 Å². The van der Waals surface area contributed by atoms with Crippen molar-refractivity contribution in [2.45, 2.75) is 26.8 Å². The average Bonchev–Trinajstić information content (AvgIpc) is 2.45. The number of hydrogen-bond donors (Lipinski definition) is 1. The summed E-state index contributed by atoms with van der Waals surface area (Å²) in [4.78, 5) is 21.8. The van der Waals surface area contributed by atoms with Crippen molar-refractivity contribution in [3.8, 4) is 11.4 Å². The summed E-state index contributed by atoms with van der Waals surface area (Å²) in [7, 11) is 1.83. The van der Waals surface area contributed by atoms with Crippen LogP contribution in [0.25, 0.3) is 11.4 Å². The van der Waals surface area contributed by atoms with Gasteiger partial charge in [-0.1, -0.05) is 23.8 Å². The van der Waals surface area contributed by atoms with Crippen molar-refractivity contribution in [2.75, 3.05) is 11.9 Å². The Hall–Kier alpha value is -2.43. The molecule has 5 heteroatoms. The standard InChI is InChI=1S/C16H19N3O2/c1-10(2)19(4)15-13(16(20)21)9-17-14(18-15)12-7-5-6-11(3)8-12/h5-10H,1-4H3,(H,20,21). The smallest absolute Gasteiger partial charge is 0.341 e. The van der Waals surface area contributed by atoms with Crippen LogP contribution in [0.5, 0.6) is 0 Å². The molecule has 1 aromatic heterocycles. The molecule has 1 aromatic carbocycles. The van der Waals surface area contributed by atoms with E-state index in [1.54, 1.807) is 0 Å². The Balaban J connectivity index is 2.56. The summed E-state index contributed by atoms with van der Waals surface area (Å²) < 4.78 is 0. The molecule has 0 aliphatic carbocycles. The predicted octanol–water partition coefficient (Wildman–Crippen LogP) is 2.99. The molecule has 0 fully saturated rings. The van der Waals surface area contributed by atoms with Gasteiger partial charge in [-0.05, 0) is 26.8 Å². The molecule has 0 saturated carbocycles. The first-order valence-electron chi connectivity index (χ1n) is 6.80. The quantitative estimate of drug-likeness (QED) is 0.935. The van der Waals surface area contributed by atoms with Crippen LogP contribution in [0.15, 0.2) is 30.5 Å². The Morgan fingerprint density at radius 2 is 2.05 bits per heavy atom. The Labute approximate surface area is 124 Å². The van der Waals surface area contributed by atoms with Gasteiger partial charge >= 0.3 is 5.97 Å². The molecule has 0 amide bonds. The molecule has 0 radical (unpaired) electrons. The molecule has 1 N–H and O–H groups in total. The molecule has 0 aliphatic rings. The van der Waals surface area contributed by atoms with E-state index in [9.17, 15) is 9.90 Å². The number of anilines is 1. The van der Waals surface area contributed by atoms with Crippen LogP contribution in [0.3, 0.4) is 0 Å². The Morgan fingerprint density at radius 3 is 2.62 bits per heavy atom. The van der Waals surface area contributed by atoms with Crippen LogP contribution >= 0.6 is 0 Å². The topological polar surface area (TPSA) is 66.3 Å². The second kappa shape index (κ2) is 5.91. The fourth-order valence-electron chi connectivity index (χ4n) is 1.96. The van der Waals surface area contributed by atoms with E-state index >= 15 is 0 Å². The number of aryl methyl sites for hydroxylation is 1. The fraction of sp³-hybridized carbons (Fsp3) is 0.312. The summed E-state index contributed by atoms with van der Waals surface area (Å²) in [6.45, 7) is 5.97. The van der Waals surface area contributed by atoms with Crippen LogP contribution in [0, 0.1) is 6.92 Å². The van der Waals surface area contributed by atoms with Crippen molar-refractivity contribution < 1.29 is 9.90 Å². The van der Waals surface area contributed by atoms with Gasteiger partial charge in [-0.2, -0.15) is 0 Å². The lowest BCUT2D eigenvalue weighted by Crippen LogP contribution is -2.28. The number of nitrogens with zero attached hydrogens (tertiary/aromatic N) is 3. The molecule has 0 aliphatic heterocycles. The number of carboxylic acids is 1. The molecule has 0 saturated heterocycles. The normalized spacial score (nSPS) is 10.7. The summed E-state index contributed by atoms with van der Waals surface area (Å²) >= 11 is 0. The maximum atomic E-state index is 11.3. The van der Waals surface area contributed by atoms with Gasteiger partial charge in [0.25, 0.3) is 0 Å². The summed E-state index contributed by atoms with van der Waals surface area (Å²) in [6, 6.07) is 7.97. The molecule has 5 nitrogen and oxygen atoms in total. The van der Waals surface area contributed by atoms with Crippen molar-refractivity contribution in [3.63, 3.8) is 0 Å². The van der Waals surface area contributed by atoms with Crippen LogP contribution in [0.4, 0.5) is 5.82 Å². The van der Waals surface area contributed by atoms with Crippen LogP contribution in [0.1, 0.15) is 29.8 Å². The Morgan fingerprint density at radius 1 is 1.33 bits per heavy atom. The number of aromatic nitrogens is 2. The lowest BCUT2D eigenvalue weighted by molar-refractivity contribution is 0.0696.